The number of hydrogen-bond acceptors (Lipinski definition) is 2. The fourth-order valence-corrected chi connectivity index (χ4v) is 2.40. The molecule has 0 aromatic carbocycles. The third-order valence-electron chi connectivity index (χ3n) is 3.28. The highest BCUT2D eigenvalue weighted by Gasteiger charge is 2.21. The topological polar surface area (TPSA) is 78.4 Å². The van der Waals surface area contributed by atoms with E-state index in [1.54, 1.807) is 0 Å². The second-order valence-corrected chi connectivity index (χ2v) is 4.73. The summed E-state index contributed by atoms with van der Waals surface area (Å²) in [5, 5.41) is 13.6. The maximum absolute atomic E-state index is 11.3. The van der Waals surface area contributed by atoms with Crippen molar-refractivity contribution in [2.45, 2.75) is 51.5 Å². The number of carboxylic acids is 1. The lowest BCUT2D eigenvalue weighted by atomic mass is 9.83. The first-order valence-corrected chi connectivity index (χ1v) is 6.38. The van der Waals surface area contributed by atoms with E-state index in [-0.39, 0.29) is 18.6 Å². The monoisotopic (exact) mass is 242 g/mol. The number of hydrogen-bond donors (Lipinski definition) is 3. The maximum atomic E-state index is 11.3. The number of carbonyl (C=O) groups is 2. The molecule has 1 saturated carbocycles. The highest BCUT2D eigenvalue weighted by Crippen LogP contribution is 2.27. The smallest absolute Gasteiger partial charge is 0.323 e. The summed E-state index contributed by atoms with van der Waals surface area (Å²) in [6, 6.07) is -0.164. The van der Waals surface area contributed by atoms with E-state index in [1.165, 1.54) is 12.8 Å². The maximum Gasteiger partial charge on any atom is 0.323 e. The summed E-state index contributed by atoms with van der Waals surface area (Å²) >= 11 is 0. The van der Waals surface area contributed by atoms with Gasteiger partial charge in [0.1, 0.15) is 6.54 Å². The summed E-state index contributed by atoms with van der Waals surface area (Å²) in [6.07, 6.45) is 6.84. The van der Waals surface area contributed by atoms with Gasteiger partial charge in [-0.25, -0.2) is 4.79 Å². The molecule has 1 aliphatic carbocycles. The van der Waals surface area contributed by atoms with Crippen LogP contribution in [0.4, 0.5) is 4.79 Å². The van der Waals surface area contributed by atoms with Crippen molar-refractivity contribution in [3.63, 3.8) is 0 Å². The molecule has 1 rings (SSSR count). The first-order chi connectivity index (χ1) is 8.11. The van der Waals surface area contributed by atoms with Gasteiger partial charge in [-0.1, -0.05) is 19.8 Å². The molecule has 1 fully saturated rings. The second-order valence-electron chi connectivity index (χ2n) is 4.73. The van der Waals surface area contributed by atoms with Crippen LogP contribution in [0.2, 0.25) is 0 Å². The number of nitrogens with one attached hydrogen (secondary N) is 2. The van der Waals surface area contributed by atoms with Gasteiger partial charge in [-0.15, -0.1) is 0 Å². The van der Waals surface area contributed by atoms with Crippen molar-refractivity contribution < 1.29 is 14.7 Å². The Kier molecular flexibility index (Phi) is 5.80. The van der Waals surface area contributed by atoms with Gasteiger partial charge < -0.3 is 15.7 Å². The van der Waals surface area contributed by atoms with Crippen molar-refractivity contribution in [1.82, 2.24) is 10.6 Å². The molecular weight excluding hydrogens is 220 g/mol. The van der Waals surface area contributed by atoms with Crippen LogP contribution < -0.4 is 10.6 Å². The molecule has 2 amide bonds. The molecule has 0 aromatic rings. The van der Waals surface area contributed by atoms with Crippen molar-refractivity contribution in [3.8, 4) is 0 Å². The average Bonchev–Trinajstić information content (AvgIpc) is 2.29. The van der Waals surface area contributed by atoms with Gasteiger partial charge >= 0.3 is 12.0 Å². The highest BCUT2D eigenvalue weighted by atomic mass is 16.4. The van der Waals surface area contributed by atoms with Crippen LogP contribution in [0.25, 0.3) is 0 Å². The van der Waals surface area contributed by atoms with Crippen LogP contribution in [-0.4, -0.2) is 29.7 Å². The highest BCUT2D eigenvalue weighted by molar-refractivity contribution is 5.79. The summed E-state index contributed by atoms with van der Waals surface area (Å²) in [4.78, 5) is 21.6. The van der Waals surface area contributed by atoms with Gasteiger partial charge in [0.15, 0.2) is 0 Å². The summed E-state index contributed by atoms with van der Waals surface area (Å²) < 4.78 is 0. The minimum absolute atomic E-state index is 0.205. The first kappa shape index (κ1) is 13.8. The molecule has 5 nitrogen and oxygen atoms in total. The number of carbonyl (C=O) groups excluding carboxylic acids is 1. The molecule has 1 aliphatic rings. The molecule has 0 bridgehead atoms. The molecule has 17 heavy (non-hydrogen) atoms. The van der Waals surface area contributed by atoms with Gasteiger partial charge in [0.2, 0.25) is 0 Å². The standard InChI is InChI=1S/C12H22N2O3/c1-2-3-9-4-6-10(7-5-9)14-12(17)13-8-11(15)16/h9-10H,2-8H2,1H3,(H,15,16)(H2,13,14,17). The molecule has 98 valence electrons. The van der Waals surface area contributed by atoms with Gasteiger partial charge in [-0.05, 0) is 31.6 Å². The molecule has 5 heteroatoms. The first-order valence-electron chi connectivity index (χ1n) is 6.38. The molecule has 0 heterocycles. The zero-order valence-electron chi connectivity index (χ0n) is 10.4. The summed E-state index contributed by atoms with van der Waals surface area (Å²) in [7, 11) is 0. The molecule has 0 aromatic heterocycles. The lowest BCUT2D eigenvalue weighted by Crippen LogP contribution is -2.45. The van der Waals surface area contributed by atoms with E-state index in [9.17, 15) is 9.59 Å². The molecule has 0 saturated heterocycles. The molecule has 3 N–H and O–H groups in total. The Hall–Kier alpha value is -1.26. The third kappa shape index (κ3) is 5.56. The van der Waals surface area contributed by atoms with E-state index < -0.39 is 5.97 Å². The number of rotatable bonds is 5. The Morgan fingerprint density at radius 3 is 2.41 bits per heavy atom. The fourth-order valence-electron chi connectivity index (χ4n) is 2.40. The Labute approximate surface area is 102 Å². The zero-order valence-corrected chi connectivity index (χ0v) is 10.4. The minimum Gasteiger partial charge on any atom is -0.480 e. The number of urea groups is 1. The SMILES string of the molecule is CCCC1CCC(NC(=O)NCC(=O)O)CC1. The Morgan fingerprint density at radius 1 is 1.24 bits per heavy atom. The summed E-state index contributed by atoms with van der Waals surface area (Å²) in [5.74, 6) is -0.216. The van der Waals surface area contributed by atoms with Gasteiger partial charge in [0.25, 0.3) is 0 Å². The van der Waals surface area contributed by atoms with E-state index in [2.05, 4.69) is 17.6 Å². The van der Waals surface area contributed by atoms with Crippen molar-refractivity contribution in [3.05, 3.63) is 0 Å². The Morgan fingerprint density at radius 2 is 1.88 bits per heavy atom. The van der Waals surface area contributed by atoms with Gasteiger partial charge in [0.05, 0.1) is 0 Å². The lowest BCUT2D eigenvalue weighted by Gasteiger charge is -2.28. The summed E-state index contributed by atoms with van der Waals surface area (Å²) in [5.41, 5.74) is 0. The molecule has 0 aliphatic heterocycles. The largest absolute Gasteiger partial charge is 0.480 e. The third-order valence-corrected chi connectivity index (χ3v) is 3.28. The predicted octanol–water partition coefficient (Wildman–Crippen LogP) is 1.73. The average molecular weight is 242 g/mol. The van der Waals surface area contributed by atoms with Crippen molar-refractivity contribution in [2.24, 2.45) is 5.92 Å². The van der Waals surface area contributed by atoms with Gasteiger partial charge in [0, 0.05) is 6.04 Å². The fraction of sp³-hybridized carbons (Fsp3) is 0.833. The van der Waals surface area contributed by atoms with E-state index in [1.807, 2.05) is 0 Å². The molecule has 0 radical (unpaired) electrons. The van der Waals surface area contributed by atoms with Gasteiger partial charge in [-0.3, -0.25) is 4.79 Å². The number of amides is 2. The van der Waals surface area contributed by atoms with Crippen LogP contribution >= 0.6 is 0 Å². The molecular formula is C12H22N2O3. The van der Waals surface area contributed by atoms with Crippen LogP contribution in [0.3, 0.4) is 0 Å². The van der Waals surface area contributed by atoms with E-state index in [0.29, 0.717) is 0 Å². The second kappa shape index (κ2) is 7.14. The summed E-state index contributed by atoms with van der Waals surface area (Å²) in [6.45, 7) is 1.88. The van der Waals surface area contributed by atoms with Crippen LogP contribution in [-0.2, 0) is 4.79 Å². The zero-order chi connectivity index (χ0) is 12.7. The Bertz CT molecular complexity index is 260. The number of carboxylic acid groups (broad SMARTS) is 1. The van der Waals surface area contributed by atoms with E-state index in [4.69, 9.17) is 5.11 Å². The van der Waals surface area contributed by atoms with Crippen LogP contribution in [0.1, 0.15) is 45.4 Å². The van der Waals surface area contributed by atoms with E-state index in [0.717, 1.165) is 31.6 Å². The van der Waals surface area contributed by atoms with Crippen LogP contribution in [0.5, 0.6) is 0 Å². The van der Waals surface area contributed by atoms with Crippen molar-refractivity contribution >= 4 is 12.0 Å². The molecule has 0 unspecified atom stereocenters. The quantitative estimate of drug-likeness (QED) is 0.687. The van der Waals surface area contributed by atoms with E-state index >= 15 is 0 Å². The van der Waals surface area contributed by atoms with Crippen LogP contribution in [0, 0.1) is 5.92 Å². The minimum atomic E-state index is -1.02. The predicted molar refractivity (Wildman–Crippen MR) is 64.8 cm³/mol. The Balaban J connectivity index is 2.17. The number of aliphatic carboxylic acids is 1. The van der Waals surface area contributed by atoms with Crippen molar-refractivity contribution in [1.29, 1.82) is 0 Å². The van der Waals surface area contributed by atoms with Crippen LogP contribution in [0.15, 0.2) is 0 Å². The molecule has 0 spiro atoms. The lowest BCUT2D eigenvalue weighted by molar-refractivity contribution is -0.135. The molecule has 0 atom stereocenters. The normalized spacial score (nSPS) is 24.1. The van der Waals surface area contributed by atoms with Gasteiger partial charge in [-0.2, -0.15) is 0 Å². The van der Waals surface area contributed by atoms with Crippen molar-refractivity contribution in [2.75, 3.05) is 6.54 Å².